The Labute approximate surface area is 148 Å². The Kier molecular flexibility index (Phi) is 5.86. The highest BCUT2D eigenvalue weighted by Gasteiger charge is 2.35. The van der Waals surface area contributed by atoms with Gasteiger partial charge in [0.2, 0.25) is 5.88 Å². The van der Waals surface area contributed by atoms with Crippen molar-refractivity contribution in [3.8, 4) is 5.88 Å². The number of carbonyl (C=O) groups is 1. The van der Waals surface area contributed by atoms with Gasteiger partial charge in [-0.25, -0.2) is 9.78 Å². The molecule has 1 aromatic carbocycles. The Hall–Kier alpha value is -2.61. The zero-order chi connectivity index (χ0) is 19.4. The molecule has 0 fully saturated rings. The normalized spacial score (nSPS) is 12.0. The predicted octanol–water partition coefficient (Wildman–Crippen LogP) is 3.75. The van der Waals surface area contributed by atoms with Gasteiger partial charge >= 0.3 is 12.1 Å². The van der Waals surface area contributed by atoms with Gasteiger partial charge in [0.05, 0.1) is 5.56 Å². The van der Waals surface area contributed by atoms with Crippen LogP contribution in [0.5, 0.6) is 5.88 Å². The molecule has 0 saturated carbocycles. The topological polar surface area (TPSA) is 71.5 Å². The van der Waals surface area contributed by atoms with Crippen LogP contribution in [-0.4, -0.2) is 28.2 Å². The number of nitrogens with one attached hydrogen (secondary N) is 1. The molecule has 140 valence electrons. The Morgan fingerprint density at radius 1 is 1.19 bits per heavy atom. The van der Waals surface area contributed by atoms with Crippen LogP contribution in [0, 0.1) is 0 Å². The summed E-state index contributed by atoms with van der Waals surface area (Å²) in [5, 5.41) is 12.0. The van der Waals surface area contributed by atoms with E-state index in [9.17, 15) is 18.0 Å². The number of alkyl halides is 3. The summed E-state index contributed by atoms with van der Waals surface area (Å²) in [7, 11) is 0. The lowest BCUT2D eigenvalue weighted by Crippen LogP contribution is -2.44. The minimum atomic E-state index is -4.53. The molecule has 0 aliphatic rings. The molecule has 8 heteroatoms. The number of halogens is 3. The van der Waals surface area contributed by atoms with Crippen LogP contribution in [0.2, 0.25) is 0 Å². The van der Waals surface area contributed by atoms with Gasteiger partial charge in [-0.05, 0) is 43.7 Å². The SMILES string of the molecule is CC(C)(COc1ncccc1C(F)(F)F)NCc1ccc(C(=O)O)cc1. The van der Waals surface area contributed by atoms with Crippen molar-refractivity contribution in [2.75, 3.05) is 6.61 Å². The van der Waals surface area contributed by atoms with Gasteiger partial charge in [-0.15, -0.1) is 0 Å². The third-order valence-corrected chi connectivity index (χ3v) is 3.62. The average molecular weight is 368 g/mol. The van der Waals surface area contributed by atoms with Crippen molar-refractivity contribution in [2.45, 2.75) is 32.1 Å². The number of aromatic carboxylic acids is 1. The minimum absolute atomic E-state index is 0.0275. The highest BCUT2D eigenvalue weighted by atomic mass is 19.4. The monoisotopic (exact) mass is 368 g/mol. The van der Waals surface area contributed by atoms with Crippen molar-refractivity contribution in [3.63, 3.8) is 0 Å². The molecule has 0 amide bonds. The summed E-state index contributed by atoms with van der Waals surface area (Å²) in [5.74, 6) is -1.46. The Morgan fingerprint density at radius 2 is 1.85 bits per heavy atom. The fourth-order valence-corrected chi connectivity index (χ4v) is 2.13. The first-order chi connectivity index (χ1) is 12.1. The molecule has 1 heterocycles. The Balaban J connectivity index is 1.96. The summed E-state index contributed by atoms with van der Waals surface area (Å²) in [5.41, 5.74) is -0.519. The second-order valence-corrected chi connectivity index (χ2v) is 6.38. The number of hydrogen-bond acceptors (Lipinski definition) is 4. The van der Waals surface area contributed by atoms with E-state index < -0.39 is 29.1 Å². The quantitative estimate of drug-likeness (QED) is 0.779. The smallest absolute Gasteiger partial charge is 0.421 e. The van der Waals surface area contributed by atoms with E-state index in [2.05, 4.69) is 10.3 Å². The third-order valence-electron chi connectivity index (χ3n) is 3.62. The zero-order valence-corrected chi connectivity index (χ0v) is 14.3. The highest BCUT2D eigenvalue weighted by molar-refractivity contribution is 5.87. The molecule has 2 rings (SSSR count). The number of pyridine rings is 1. The molecule has 0 saturated heterocycles. The fraction of sp³-hybridized carbons (Fsp3) is 0.333. The lowest BCUT2D eigenvalue weighted by Gasteiger charge is -2.27. The van der Waals surface area contributed by atoms with Gasteiger partial charge in [-0.1, -0.05) is 12.1 Å². The molecule has 1 aromatic heterocycles. The molecule has 26 heavy (non-hydrogen) atoms. The maximum atomic E-state index is 12.9. The second-order valence-electron chi connectivity index (χ2n) is 6.38. The summed E-state index contributed by atoms with van der Waals surface area (Å²) in [6.45, 7) is 3.95. The Bertz CT molecular complexity index is 759. The number of nitrogens with zero attached hydrogens (tertiary/aromatic N) is 1. The van der Waals surface area contributed by atoms with Gasteiger partial charge in [0, 0.05) is 18.3 Å². The van der Waals surface area contributed by atoms with Crippen LogP contribution in [-0.2, 0) is 12.7 Å². The molecular weight excluding hydrogens is 349 g/mol. The van der Waals surface area contributed by atoms with Gasteiger partial charge < -0.3 is 15.2 Å². The van der Waals surface area contributed by atoms with E-state index in [1.165, 1.54) is 24.4 Å². The molecule has 0 spiro atoms. The van der Waals surface area contributed by atoms with E-state index in [0.29, 0.717) is 6.54 Å². The van der Waals surface area contributed by atoms with Crippen molar-refractivity contribution in [1.82, 2.24) is 10.3 Å². The third kappa shape index (κ3) is 5.45. The lowest BCUT2D eigenvalue weighted by molar-refractivity contribution is -0.139. The summed E-state index contributed by atoms with van der Waals surface area (Å²) >= 11 is 0. The number of carboxylic acid groups (broad SMARTS) is 1. The molecule has 2 aromatic rings. The summed E-state index contributed by atoms with van der Waals surface area (Å²) in [4.78, 5) is 14.5. The molecule has 2 N–H and O–H groups in total. The van der Waals surface area contributed by atoms with E-state index in [1.807, 2.05) is 0 Å². The van der Waals surface area contributed by atoms with E-state index in [1.54, 1.807) is 26.0 Å². The zero-order valence-electron chi connectivity index (χ0n) is 14.3. The van der Waals surface area contributed by atoms with Crippen molar-refractivity contribution in [1.29, 1.82) is 0 Å². The molecule has 5 nitrogen and oxygen atoms in total. The molecule has 0 aliphatic carbocycles. The number of ether oxygens (including phenoxy) is 1. The second kappa shape index (κ2) is 7.74. The number of carboxylic acids is 1. The molecule has 0 atom stereocenters. The molecule has 0 bridgehead atoms. The van der Waals surface area contributed by atoms with Gasteiger partial charge in [0.1, 0.15) is 12.2 Å². The summed E-state index contributed by atoms with van der Waals surface area (Å²) < 4.78 is 44.1. The Morgan fingerprint density at radius 3 is 2.42 bits per heavy atom. The first-order valence-corrected chi connectivity index (χ1v) is 7.81. The average Bonchev–Trinajstić information content (AvgIpc) is 2.58. The predicted molar refractivity (Wildman–Crippen MR) is 89.1 cm³/mol. The number of rotatable bonds is 7. The van der Waals surface area contributed by atoms with E-state index >= 15 is 0 Å². The van der Waals surface area contributed by atoms with Crippen molar-refractivity contribution < 1.29 is 27.8 Å². The van der Waals surface area contributed by atoms with Crippen LogP contribution in [0.1, 0.15) is 35.3 Å². The van der Waals surface area contributed by atoms with Gasteiger partial charge in [-0.2, -0.15) is 13.2 Å². The maximum absolute atomic E-state index is 12.9. The minimum Gasteiger partial charge on any atom is -0.478 e. The number of aromatic nitrogens is 1. The van der Waals surface area contributed by atoms with E-state index in [4.69, 9.17) is 9.84 Å². The van der Waals surface area contributed by atoms with Gasteiger partial charge in [0.15, 0.2) is 0 Å². The fourth-order valence-electron chi connectivity index (χ4n) is 2.13. The first-order valence-electron chi connectivity index (χ1n) is 7.81. The summed E-state index contributed by atoms with van der Waals surface area (Å²) in [6.07, 6.45) is -3.29. The molecule has 0 unspecified atom stereocenters. The maximum Gasteiger partial charge on any atom is 0.421 e. The van der Waals surface area contributed by atoms with Crippen LogP contribution in [0.3, 0.4) is 0 Å². The number of benzene rings is 1. The van der Waals surface area contributed by atoms with Crippen LogP contribution >= 0.6 is 0 Å². The van der Waals surface area contributed by atoms with Crippen molar-refractivity contribution in [2.24, 2.45) is 0 Å². The van der Waals surface area contributed by atoms with Crippen LogP contribution in [0.25, 0.3) is 0 Å². The van der Waals surface area contributed by atoms with Crippen LogP contribution in [0.4, 0.5) is 13.2 Å². The largest absolute Gasteiger partial charge is 0.478 e. The standard InChI is InChI=1S/C18H19F3N2O3/c1-17(2,23-10-12-5-7-13(8-6-12)16(24)25)11-26-15-14(18(19,20)21)4-3-9-22-15/h3-9,23H,10-11H2,1-2H3,(H,24,25). The van der Waals surface area contributed by atoms with Crippen LogP contribution < -0.4 is 10.1 Å². The van der Waals surface area contributed by atoms with Crippen LogP contribution in [0.15, 0.2) is 42.6 Å². The lowest BCUT2D eigenvalue weighted by atomic mass is 10.1. The van der Waals surface area contributed by atoms with Crippen molar-refractivity contribution in [3.05, 3.63) is 59.3 Å². The number of hydrogen-bond donors (Lipinski definition) is 2. The molecule has 0 aliphatic heterocycles. The van der Waals surface area contributed by atoms with Gasteiger partial charge in [0.25, 0.3) is 0 Å². The van der Waals surface area contributed by atoms with Crippen molar-refractivity contribution >= 4 is 5.97 Å². The van der Waals surface area contributed by atoms with E-state index in [0.717, 1.165) is 11.6 Å². The molecule has 0 radical (unpaired) electrons. The molecular formula is C18H19F3N2O3. The summed E-state index contributed by atoms with van der Waals surface area (Å²) in [6, 6.07) is 8.47. The van der Waals surface area contributed by atoms with Gasteiger partial charge in [-0.3, -0.25) is 0 Å². The highest BCUT2D eigenvalue weighted by Crippen LogP contribution is 2.34. The van der Waals surface area contributed by atoms with E-state index in [-0.39, 0.29) is 12.2 Å². The first kappa shape index (κ1) is 19.7.